The van der Waals surface area contributed by atoms with Crippen molar-refractivity contribution in [1.29, 1.82) is 0 Å². The lowest BCUT2D eigenvalue weighted by molar-refractivity contribution is 0.0994. The quantitative estimate of drug-likeness (QED) is 0.589. The molecule has 1 aromatic rings. The van der Waals surface area contributed by atoms with Crippen molar-refractivity contribution in [3.63, 3.8) is 0 Å². The van der Waals surface area contributed by atoms with E-state index >= 15 is 0 Å². The molecule has 0 atom stereocenters. The molecule has 1 aliphatic rings. The Morgan fingerprint density at radius 2 is 1.21 bits per heavy atom. The van der Waals surface area contributed by atoms with Crippen LogP contribution < -0.4 is 0 Å². The molecule has 70 valence electrons. The average Bonchev–Trinajstić information content (AvgIpc) is 2.27. The van der Waals surface area contributed by atoms with Crippen molar-refractivity contribution >= 4 is 19.6 Å². The van der Waals surface area contributed by atoms with Gasteiger partial charge in [0.25, 0.3) is 8.05 Å². The average molecular weight is 188 g/mol. The number of carbonyl (C=O) groups excluding carboxylic acids is 2. The van der Waals surface area contributed by atoms with Gasteiger partial charge in [-0.15, -0.1) is 0 Å². The highest BCUT2D eigenvalue weighted by Gasteiger charge is 2.16. The summed E-state index contributed by atoms with van der Waals surface area (Å²) in [6.45, 7) is 0. The predicted molar refractivity (Wildman–Crippen MR) is 55.0 cm³/mol. The zero-order chi connectivity index (χ0) is 10.6. The zero-order valence-corrected chi connectivity index (χ0v) is 7.73. The second-order valence-corrected chi connectivity index (χ2v) is 2.61. The van der Waals surface area contributed by atoms with Crippen LogP contribution in [0.1, 0.15) is 20.7 Å². The maximum atomic E-state index is 11.2. The highest BCUT2D eigenvalue weighted by molar-refractivity contribution is 6.21. The first kappa shape index (κ1) is 10.4. The predicted octanol–water partition coefficient (Wildman–Crippen LogP) is 0.149. The van der Waals surface area contributed by atoms with Crippen molar-refractivity contribution in [1.82, 2.24) is 0 Å². The van der Waals surface area contributed by atoms with Gasteiger partial charge in [-0.25, -0.2) is 0 Å². The maximum Gasteiger partial charge on any atom is 0.252 e. The summed E-state index contributed by atoms with van der Waals surface area (Å²) in [4.78, 5) is 22.4. The Bertz CT molecular complexity index is 359. The number of carbonyl (C=O) groups is 2. The van der Waals surface area contributed by atoms with E-state index in [1.807, 2.05) is 0 Å². The van der Waals surface area contributed by atoms with Crippen LogP contribution in [-0.2, 0) is 0 Å². The number of rotatable bonds is 0. The van der Waals surface area contributed by atoms with Crippen molar-refractivity contribution in [2.75, 3.05) is 0 Å². The molecule has 1 aliphatic carbocycles. The first-order valence-corrected chi connectivity index (χ1v) is 4.09. The first-order valence-electron chi connectivity index (χ1n) is 4.09. The molecule has 0 saturated heterocycles. The molecule has 0 spiro atoms. The summed E-state index contributed by atoms with van der Waals surface area (Å²) in [6.07, 6.45) is 2.62. The summed E-state index contributed by atoms with van der Waals surface area (Å²) in [6, 6.07) is 6.84. The van der Waals surface area contributed by atoms with Gasteiger partial charge in [0.2, 0.25) is 0 Å². The lowest BCUT2D eigenvalue weighted by Crippen LogP contribution is -2.10. The van der Waals surface area contributed by atoms with Crippen LogP contribution in [0.2, 0.25) is 0 Å². The Hall–Kier alpha value is -1.68. The molecule has 2 rings (SSSR count). The maximum absolute atomic E-state index is 11.2. The summed E-state index contributed by atoms with van der Waals surface area (Å²) >= 11 is 0. The molecule has 0 aliphatic heterocycles. The highest BCUT2D eigenvalue weighted by atomic mass is 16.2. The Morgan fingerprint density at radius 1 is 0.857 bits per heavy atom. The van der Waals surface area contributed by atoms with Crippen LogP contribution in [0.3, 0.4) is 0 Å². The number of hydrogen-bond acceptors (Lipinski definition) is 3. The molecule has 0 radical (unpaired) electrons. The van der Waals surface area contributed by atoms with Crippen molar-refractivity contribution in [3.05, 3.63) is 47.5 Å². The van der Waals surface area contributed by atoms with Crippen LogP contribution in [0.25, 0.3) is 0 Å². The van der Waals surface area contributed by atoms with Crippen LogP contribution in [0.5, 0.6) is 0 Å². The number of fused-ring (bicyclic) bond motifs is 1. The molecule has 0 amide bonds. The molecule has 4 heteroatoms. The van der Waals surface area contributed by atoms with E-state index in [2.05, 4.69) is 0 Å². The number of ketones is 2. The van der Waals surface area contributed by atoms with Gasteiger partial charge < -0.3 is 5.02 Å². The van der Waals surface area contributed by atoms with Crippen LogP contribution in [0, 0.1) is 0 Å². The summed E-state index contributed by atoms with van der Waals surface area (Å²) in [7, 11) is 1.00. The third-order valence-corrected chi connectivity index (χ3v) is 1.84. The third kappa shape index (κ3) is 1.80. The van der Waals surface area contributed by atoms with E-state index in [4.69, 9.17) is 5.02 Å². The number of hydrogen-bond donors (Lipinski definition) is 1. The lowest BCUT2D eigenvalue weighted by Gasteiger charge is -2.06. The molecule has 0 unspecified atom stereocenters. The fourth-order valence-corrected chi connectivity index (χ4v) is 1.24. The molecule has 0 heterocycles. The van der Waals surface area contributed by atoms with Crippen LogP contribution in [-0.4, -0.2) is 24.6 Å². The molecular weight excluding hydrogens is 179 g/mol. The minimum Gasteiger partial charge on any atom is -0.458 e. The van der Waals surface area contributed by atoms with Gasteiger partial charge in [-0.3, -0.25) is 9.59 Å². The Morgan fingerprint density at radius 3 is 1.57 bits per heavy atom. The van der Waals surface area contributed by atoms with Gasteiger partial charge >= 0.3 is 0 Å². The summed E-state index contributed by atoms with van der Waals surface area (Å²) in [5.74, 6) is -0.185. The monoisotopic (exact) mass is 188 g/mol. The van der Waals surface area contributed by atoms with Gasteiger partial charge in [0.05, 0.1) is 0 Å². The standard InChI is InChI=1S/C10H6O2.BH3O/c11-9-5-6-10(12)8-4-2-1-3-7(8)9;1-2/h1-6H;2H,1H2. The Labute approximate surface area is 82.5 Å². The molecule has 3 nitrogen and oxygen atoms in total. The normalized spacial score (nSPS) is 12.9. The van der Waals surface area contributed by atoms with Gasteiger partial charge in [-0.2, -0.15) is 0 Å². The zero-order valence-electron chi connectivity index (χ0n) is 7.73. The third-order valence-electron chi connectivity index (χ3n) is 1.84. The van der Waals surface area contributed by atoms with E-state index in [-0.39, 0.29) is 11.6 Å². The topological polar surface area (TPSA) is 54.4 Å². The Kier molecular flexibility index (Phi) is 3.37. The molecule has 0 saturated carbocycles. The molecule has 14 heavy (non-hydrogen) atoms. The van der Waals surface area contributed by atoms with Crippen LogP contribution >= 0.6 is 0 Å². The van der Waals surface area contributed by atoms with E-state index in [1.54, 1.807) is 24.3 Å². The van der Waals surface area contributed by atoms with Gasteiger partial charge in [0.15, 0.2) is 11.6 Å². The van der Waals surface area contributed by atoms with E-state index < -0.39 is 0 Å². The van der Waals surface area contributed by atoms with E-state index in [0.717, 1.165) is 8.05 Å². The first-order chi connectivity index (χ1) is 6.79. The van der Waals surface area contributed by atoms with Crippen molar-refractivity contribution < 1.29 is 14.6 Å². The molecule has 0 fully saturated rings. The second-order valence-electron chi connectivity index (χ2n) is 2.61. The molecule has 0 bridgehead atoms. The largest absolute Gasteiger partial charge is 0.458 e. The van der Waals surface area contributed by atoms with E-state index in [0.29, 0.717) is 11.1 Å². The number of benzene rings is 1. The lowest BCUT2D eigenvalue weighted by atomic mass is 9.95. The van der Waals surface area contributed by atoms with E-state index in [1.165, 1.54) is 12.2 Å². The summed E-state index contributed by atoms with van der Waals surface area (Å²) in [5, 5.41) is 7.00. The Balaban J connectivity index is 0.000000461. The van der Waals surface area contributed by atoms with Gasteiger partial charge in [0, 0.05) is 11.1 Å². The molecule has 0 aromatic heterocycles. The van der Waals surface area contributed by atoms with Gasteiger partial charge in [0.1, 0.15) is 0 Å². The summed E-state index contributed by atoms with van der Waals surface area (Å²) < 4.78 is 0. The van der Waals surface area contributed by atoms with Crippen molar-refractivity contribution in [3.8, 4) is 0 Å². The number of allylic oxidation sites excluding steroid dienone is 2. The molecule has 1 N–H and O–H groups in total. The molecule has 1 aromatic carbocycles. The van der Waals surface area contributed by atoms with E-state index in [9.17, 15) is 9.59 Å². The van der Waals surface area contributed by atoms with Crippen molar-refractivity contribution in [2.45, 2.75) is 0 Å². The highest BCUT2D eigenvalue weighted by Crippen LogP contribution is 2.15. The van der Waals surface area contributed by atoms with Crippen LogP contribution in [0.4, 0.5) is 0 Å². The van der Waals surface area contributed by atoms with Gasteiger partial charge in [-0.05, 0) is 12.2 Å². The smallest absolute Gasteiger partial charge is 0.252 e. The second kappa shape index (κ2) is 4.53. The minimum absolute atomic E-state index is 0.0924. The van der Waals surface area contributed by atoms with Gasteiger partial charge in [-0.1, -0.05) is 24.3 Å². The fraction of sp³-hybridized carbons (Fsp3) is 0. The van der Waals surface area contributed by atoms with Crippen molar-refractivity contribution in [2.24, 2.45) is 0 Å². The summed E-state index contributed by atoms with van der Waals surface area (Å²) in [5.41, 5.74) is 1.01. The SMILES string of the molecule is BO.O=C1C=CC(=O)c2ccccc21. The minimum atomic E-state index is -0.0924. The van der Waals surface area contributed by atoms with Crippen LogP contribution in [0.15, 0.2) is 36.4 Å². The molecular formula is C10H9BO3. The fourth-order valence-electron chi connectivity index (χ4n) is 1.24.